The number of sulfonamides is 1. The van der Waals surface area contributed by atoms with E-state index in [-0.39, 0.29) is 22.9 Å². The predicted octanol–water partition coefficient (Wildman–Crippen LogP) is 1.67. The van der Waals surface area contributed by atoms with E-state index in [0.717, 1.165) is 6.07 Å². The molecule has 1 aromatic rings. The summed E-state index contributed by atoms with van der Waals surface area (Å²) < 4.78 is 31.0. The minimum absolute atomic E-state index is 0.0180. The van der Waals surface area contributed by atoms with Crippen LogP contribution in [0.25, 0.3) is 0 Å². The Bertz CT molecular complexity index is 561. The van der Waals surface area contributed by atoms with Gasteiger partial charge in [0, 0.05) is 17.9 Å². The minimum Gasteiger partial charge on any atom is -0.490 e. The van der Waals surface area contributed by atoms with Crippen LogP contribution in [0.4, 0.5) is 5.69 Å². The van der Waals surface area contributed by atoms with E-state index < -0.39 is 14.9 Å². The lowest BCUT2D eigenvalue weighted by Crippen LogP contribution is -2.25. The summed E-state index contributed by atoms with van der Waals surface area (Å²) in [5, 5.41) is 11.5. The summed E-state index contributed by atoms with van der Waals surface area (Å²) >= 11 is 3.18. The minimum atomic E-state index is -3.74. The maximum absolute atomic E-state index is 11.9. The molecule has 0 atom stereocenters. The van der Waals surface area contributed by atoms with Crippen molar-refractivity contribution in [1.82, 2.24) is 4.72 Å². The number of methoxy groups -OCH3 is 1. The Morgan fingerprint density at radius 3 is 2.68 bits per heavy atom. The Hall–Kier alpha value is -1.19. The van der Waals surface area contributed by atoms with E-state index in [1.807, 2.05) is 0 Å². The second-order valence-electron chi connectivity index (χ2n) is 3.53. The molecule has 0 saturated heterocycles. The van der Waals surface area contributed by atoms with Gasteiger partial charge in [-0.2, -0.15) is 0 Å². The van der Waals surface area contributed by atoms with Gasteiger partial charge in [0.05, 0.1) is 16.9 Å². The number of hydrogen-bond donors (Lipinski definition) is 1. The van der Waals surface area contributed by atoms with Crippen molar-refractivity contribution in [3.05, 3.63) is 28.3 Å². The summed E-state index contributed by atoms with van der Waals surface area (Å²) in [6, 6.07) is 3.51. The molecule has 1 N–H and O–H groups in total. The van der Waals surface area contributed by atoms with Gasteiger partial charge >= 0.3 is 5.69 Å². The van der Waals surface area contributed by atoms with Gasteiger partial charge < -0.3 is 4.74 Å². The molecule has 0 bridgehead atoms. The van der Waals surface area contributed by atoms with E-state index >= 15 is 0 Å². The maximum atomic E-state index is 11.9. The van der Waals surface area contributed by atoms with E-state index in [1.54, 1.807) is 0 Å². The Labute approximate surface area is 119 Å². The highest BCUT2D eigenvalue weighted by molar-refractivity contribution is 9.09. The molecule has 0 spiro atoms. The molecule has 0 unspecified atom stereocenters. The van der Waals surface area contributed by atoms with Gasteiger partial charge in [-0.1, -0.05) is 15.9 Å². The van der Waals surface area contributed by atoms with Crippen LogP contribution in [0.15, 0.2) is 23.1 Å². The number of rotatable bonds is 7. The van der Waals surface area contributed by atoms with Crippen molar-refractivity contribution in [3.63, 3.8) is 0 Å². The third-order valence-electron chi connectivity index (χ3n) is 2.26. The zero-order valence-corrected chi connectivity index (χ0v) is 12.5. The first kappa shape index (κ1) is 15.9. The molecule has 0 amide bonds. The molecule has 0 aromatic heterocycles. The van der Waals surface area contributed by atoms with E-state index in [9.17, 15) is 18.5 Å². The van der Waals surface area contributed by atoms with Gasteiger partial charge in [-0.05, 0) is 18.6 Å². The number of nitro benzene ring substituents is 1. The second kappa shape index (κ2) is 6.83. The third kappa shape index (κ3) is 4.15. The molecule has 7 nitrogen and oxygen atoms in total. The molecule has 9 heteroatoms. The molecule has 19 heavy (non-hydrogen) atoms. The summed E-state index contributed by atoms with van der Waals surface area (Å²) in [5.74, 6) is 0.0180. The van der Waals surface area contributed by atoms with E-state index in [1.165, 1.54) is 19.2 Å². The van der Waals surface area contributed by atoms with Crippen LogP contribution in [-0.4, -0.2) is 32.3 Å². The first-order valence-electron chi connectivity index (χ1n) is 5.30. The fourth-order valence-electron chi connectivity index (χ4n) is 1.34. The quantitative estimate of drug-likeness (QED) is 0.348. The van der Waals surface area contributed by atoms with Crippen molar-refractivity contribution >= 4 is 31.6 Å². The number of nitro groups is 1. The van der Waals surface area contributed by atoms with Crippen molar-refractivity contribution in [3.8, 4) is 5.75 Å². The van der Waals surface area contributed by atoms with Crippen LogP contribution >= 0.6 is 15.9 Å². The number of ether oxygens (including phenoxy) is 1. The molecule has 0 aliphatic heterocycles. The summed E-state index contributed by atoms with van der Waals surface area (Å²) in [7, 11) is -2.46. The van der Waals surface area contributed by atoms with Gasteiger partial charge in [0.2, 0.25) is 10.0 Å². The summed E-state index contributed by atoms with van der Waals surface area (Å²) in [6.07, 6.45) is 0.622. The molecule has 0 saturated carbocycles. The highest BCUT2D eigenvalue weighted by atomic mass is 79.9. The average molecular weight is 353 g/mol. The average Bonchev–Trinajstić information content (AvgIpc) is 2.38. The summed E-state index contributed by atoms with van der Waals surface area (Å²) in [4.78, 5) is 9.98. The van der Waals surface area contributed by atoms with Gasteiger partial charge in [0.25, 0.3) is 0 Å². The van der Waals surface area contributed by atoms with E-state index in [0.29, 0.717) is 11.8 Å². The fourth-order valence-corrected chi connectivity index (χ4v) is 2.71. The smallest absolute Gasteiger partial charge is 0.312 e. The first-order valence-corrected chi connectivity index (χ1v) is 7.91. The van der Waals surface area contributed by atoms with Crippen LogP contribution in [0.1, 0.15) is 6.42 Å². The number of nitrogens with zero attached hydrogens (tertiary/aromatic N) is 1. The van der Waals surface area contributed by atoms with Crippen molar-refractivity contribution in [1.29, 1.82) is 0 Å². The van der Waals surface area contributed by atoms with Crippen LogP contribution in [0.5, 0.6) is 5.75 Å². The molecule has 0 radical (unpaired) electrons. The molecule has 0 aliphatic carbocycles. The topological polar surface area (TPSA) is 98.5 Å². The largest absolute Gasteiger partial charge is 0.490 e. The fraction of sp³-hybridized carbons (Fsp3) is 0.400. The van der Waals surface area contributed by atoms with Crippen LogP contribution in [0.2, 0.25) is 0 Å². The monoisotopic (exact) mass is 352 g/mol. The van der Waals surface area contributed by atoms with Crippen LogP contribution < -0.4 is 9.46 Å². The Kier molecular flexibility index (Phi) is 5.70. The zero-order valence-electron chi connectivity index (χ0n) is 10.1. The highest BCUT2D eigenvalue weighted by Crippen LogP contribution is 2.29. The normalized spacial score (nSPS) is 11.3. The first-order chi connectivity index (χ1) is 8.92. The number of hydrogen-bond acceptors (Lipinski definition) is 5. The number of benzene rings is 1. The number of alkyl halides is 1. The van der Waals surface area contributed by atoms with Crippen molar-refractivity contribution in [2.24, 2.45) is 0 Å². The molecular formula is C10H13BrN2O5S. The number of halogens is 1. The van der Waals surface area contributed by atoms with Crippen LogP contribution in [0, 0.1) is 10.1 Å². The van der Waals surface area contributed by atoms with E-state index in [4.69, 9.17) is 4.74 Å². The van der Waals surface area contributed by atoms with E-state index in [2.05, 4.69) is 20.7 Å². The SMILES string of the molecule is COc1ccc(S(=O)(=O)NCCCBr)cc1[N+](=O)[O-]. The predicted molar refractivity (Wildman–Crippen MR) is 73.2 cm³/mol. The number of nitrogens with one attached hydrogen (secondary N) is 1. The summed E-state index contributed by atoms with van der Waals surface area (Å²) in [5.41, 5.74) is -0.383. The lowest BCUT2D eigenvalue weighted by Gasteiger charge is -2.07. The van der Waals surface area contributed by atoms with Crippen molar-refractivity contribution in [2.75, 3.05) is 19.0 Å². The summed E-state index contributed by atoms with van der Waals surface area (Å²) in [6.45, 7) is 0.257. The van der Waals surface area contributed by atoms with Crippen LogP contribution in [-0.2, 0) is 10.0 Å². The van der Waals surface area contributed by atoms with Gasteiger partial charge in [-0.15, -0.1) is 0 Å². The van der Waals surface area contributed by atoms with Gasteiger partial charge in [-0.3, -0.25) is 10.1 Å². The Balaban J connectivity index is 3.07. The molecule has 106 valence electrons. The van der Waals surface area contributed by atoms with Gasteiger partial charge in [-0.25, -0.2) is 13.1 Å². The second-order valence-corrected chi connectivity index (χ2v) is 6.09. The Morgan fingerprint density at radius 1 is 1.47 bits per heavy atom. The Morgan fingerprint density at radius 2 is 2.16 bits per heavy atom. The highest BCUT2D eigenvalue weighted by Gasteiger charge is 2.21. The zero-order chi connectivity index (χ0) is 14.5. The molecule has 0 aliphatic rings. The molecule has 1 rings (SSSR count). The third-order valence-corrected chi connectivity index (χ3v) is 4.28. The van der Waals surface area contributed by atoms with Crippen molar-refractivity contribution < 1.29 is 18.1 Å². The lowest BCUT2D eigenvalue weighted by molar-refractivity contribution is -0.386. The van der Waals surface area contributed by atoms with Gasteiger partial charge in [0.1, 0.15) is 0 Å². The molecule has 1 aromatic carbocycles. The molecule has 0 fully saturated rings. The molecular weight excluding hydrogens is 340 g/mol. The van der Waals surface area contributed by atoms with Gasteiger partial charge in [0.15, 0.2) is 5.75 Å². The van der Waals surface area contributed by atoms with Crippen molar-refractivity contribution in [2.45, 2.75) is 11.3 Å². The molecule has 0 heterocycles. The standard InChI is InChI=1S/C10H13BrN2O5S/c1-18-10-4-3-8(7-9(10)13(14)15)19(16,17)12-6-2-5-11/h3-4,7,12H,2,5-6H2,1H3. The maximum Gasteiger partial charge on any atom is 0.312 e. The van der Waals surface area contributed by atoms with Crippen LogP contribution in [0.3, 0.4) is 0 Å². The lowest BCUT2D eigenvalue weighted by atomic mass is 10.3.